The third kappa shape index (κ3) is 3.37. The van der Waals surface area contributed by atoms with Crippen molar-refractivity contribution >= 4 is 34.6 Å². The molecule has 0 aliphatic rings. The Kier molecular flexibility index (Phi) is 4.42. The van der Waals surface area contributed by atoms with Crippen LogP contribution in [-0.2, 0) is 6.54 Å². The fraction of sp³-hybridized carbons (Fsp3) is 0.0769. The van der Waals surface area contributed by atoms with Gasteiger partial charge in [-0.3, -0.25) is 10.1 Å². The summed E-state index contributed by atoms with van der Waals surface area (Å²) in [5, 5.41) is 14.4. The first-order valence-corrected chi connectivity index (χ1v) is 6.34. The molecular weight excluding hydrogens is 306 g/mol. The number of hydrogen-bond donors (Lipinski definition) is 1. The van der Waals surface area contributed by atoms with Gasteiger partial charge in [-0.05, 0) is 23.8 Å². The largest absolute Gasteiger partial charge is 0.378 e. The number of nitrogens with zero attached hydrogens (tertiary/aromatic N) is 1. The first-order chi connectivity index (χ1) is 9.47. The zero-order valence-electron chi connectivity index (χ0n) is 10.1. The maximum atomic E-state index is 13.6. The standard InChI is InChI=1S/C13H9Cl2FN2O2/c14-9-2-1-8(11(15)5-9)7-17-13-6-10(18(19)20)3-4-12(13)16/h1-6,17H,7H2. The second kappa shape index (κ2) is 6.07. The van der Waals surface area contributed by atoms with Crippen LogP contribution in [0.5, 0.6) is 0 Å². The lowest BCUT2D eigenvalue weighted by atomic mass is 10.2. The van der Waals surface area contributed by atoms with E-state index >= 15 is 0 Å². The van der Waals surface area contributed by atoms with Gasteiger partial charge < -0.3 is 5.32 Å². The maximum Gasteiger partial charge on any atom is 0.271 e. The highest BCUT2D eigenvalue weighted by Gasteiger charge is 2.11. The lowest BCUT2D eigenvalue weighted by molar-refractivity contribution is -0.384. The van der Waals surface area contributed by atoms with E-state index in [1.54, 1.807) is 18.2 Å². The molecule has 0 aliphatic carbocycles. The highest BCUT2D eigenvalue weighted by atomic mass is 35.5. The van der Waals surface area contributed by atoms with Crippen molar-refractivity contribution < 1.29 is 9.31 Å². The molecule has 7 heteroatoms. The molecule has 2 rings (SSSR count). The monoisotopic (exact) mass is 314 g/mol. The summed E-state index contributed by atoms with van der Waals surface area (Å²) in [6.07, 6.45) is 0. The Morgan fingerprint density at radius 3 is 2.60 bits per heavy atom. The zero-order chi connectivity index (χ0) is 14.7. The summed E-state index contributed by atoms with van der Waals surface area (Å²) in [6.45, 7) is 0.230. The molecule has 0 radical (unpaired) electrons. The van der Waals surface area contributed by atoms with E-state index in [9.17, 15) is 14.5 Å². The minimum Gasteiger partial charge on any atom is -0.378 e. The molecule has 0 spiro atoms. The van der Waals surface area contributed by atoms with Crippen LogP contribution in [0.3, 0.4) is 0 Å². The Labute approximate surface area is 124 Å². The van der Waals surface area contributed by atoms with Crippen molar-refractivity contribution in [1.29, 1.82) is 0 Å². The van der Waals surface area contributed by atoms with Gasteiger partial charge in [-0.2, -0.15) is 0 Å². The van der Waals surface area contributed by atoms with Crippen molar-refractivity contribution in [2.24, 2.45) is 0 Å². The fourth-order valence-electron chi connectivity index (χ4n) is 1.62. The topological polar surface area (TPSA) is 55.2 Å². The number of nitro benzene ring substituents is 1. The highest BCUT2D eigenvalue weighted by Crippen LogP contribution is 2.24. The van der Waals surface area contributed by atoms with E-state index in [0.717, 1.165) is 18.2 Å². The third-order valence-electron chi connectivity index (χ3n) is 2.65. The minimum absolute atomic E-state index is 0.0465. The number of nitro groups is 1. The smallest absolute Gasteiger partial charge is 0.271 e. The summed E-state index contributed by atoms with van der Waals surface area (Å²) in [6, 6.07) is 8.23. The van der Waals surface area contributed by atoms with E-state index < -0.39 is 10.7 Å². The molecule has 0 saturated carbocycles. The predicted molar refractivity (Wildman–Crippen MR) is 76.8 cm³/mol. The average Bonchev–Trinajstić information content (AvgIpc) is 2.39. The van der Waals surface area contributed by atoms with Crippen LogP contribution in [0.1, 0.15) is 5.56 Å². The summed E-state index contributed by atoms with van der Waals surface area (Å²) in [7, 11) is 0. The molecule has 0 unspecified atom stereocenters. The Morgan fingerprint density at radius 1 is 1.20 bits per heavy atom. The van der Waals surface area contributed by atoms with E-state index in [4.69, 9.17) is 23.2 Å². The van der Waals surface area contributed by atoms with Crippen LogP contribution in [0.15, 0.2) is 36.4 Å². The third-order valence-corrected chi connectivity index (χ3v) is 3.23. The number of nitrogens with one attached hydrogen (secondary N) is 1. The van der Waals surface area contributed by atoms with Gasteiger partial charge in [0.1, 0.15) is 5.82 Å². The fourth-order valence-corrected chi connectivity index (χ4v) is 2.09. The van der Waals surface area contributed by atoms with E-state index in [1.165, 1.54) is 0 Å². The molecule has 104 valence electrons. The lowest BCUT2D eigenvalue weighted by Crippen LogP contribution is -2.03. The van der Waals surface area contributed by atoms with Gasteiger partial charge in [0.25, 0.3) is 5.69 Å². The van der Waals surface area contributed by atoms with Gasteiger partial charge in [-0.25, -0.2) is 4.39 Å². The van der Waals surface area contributed by atoms with Crippen molar-refractivity contribution in [2.45, 2.75) is 6.54 Å². The molecule has 0 saturated heterocycles. The molecule has 0 amide bonds. The number of rotatable bonds is 4. The first kappa shape index (κ1) is 14.6. The molecule has 0 atom stereocenters. The highest BCUT2D eigenvalue weighted by molar-refractivity contribution is 6.35. The SMILES string of the molecule is O=[N+]([O-])c1ccc(F)c(NCc2ccc(Cl)cc2Cl)c1. The first-order valence-electron chi connectivity index (χ1n) is 5.59. The number of hydrogen-bond acceptors (Lipinski definition) is 3. The van der Waals surface area contributed by atoms with E-state index in [0.29, 0.717) is 15.6 Å². The molecule has 1 N–H and O–H groups in total. The molecule has 0 aliphatic heterocycles. The molecule has 2 aromatic carbocycles. The number of halogens is 3. The van der Waals surface area contributed by atoms with Crippen molar-refractivity contribution in [3.8, 4) is 0 Å². The van der Waals surface area contributed by atoms with E-state index in [-0.39, 0.29) is 17.9 Å². The van der Waals surface area contributed by atoms with Crippen molar-refractivity contribution in [1.82, 2.24) is 0 Å². The predicted octanol–water partition coefficient (Wildman–Crippen LogP) is 4.65. The van der Waals surface area contributed by atoms with Gasteiger partial charge in [0.2, 0.25) is 0 Å². The van der Waals surface area contributed by atoms with Gasteiger partial charge >= 0.3 is 0 Å². The quantitative estimate of drug-likeness (QED) is 0.660. The Hall–Kier alpha value is -1.85. The van der Waals surface area contributed by atoms with Gasteiger partial charge in [0.05, 0.1) is 10.6 Å². The van der Waals surface area contributed by atoms with Crippen molar-refractivity contribution in [3.05, 3.63) is 67.9 Å². The van der Waals surface area contributed by atoms with Crippen LogP contribution in [0.4, 0.5) is 15.8 Å². The molecular formula is C13H9Cl2FN2O2. The Morgan fingerprint density at radius 2 is 1.95 bits per heavy atom. The van der Waals surface area contributed by atoms with Crippen LogP contribution in [-0.4, -0.2) is 4.92 Å². The van der Waals surface area contributed by atoms with E-state index in [2.05, 4.69) is 5.32 Å². The Balaban J connectivity index is 2.18. The summed E-state index contributed by atoms with van der Waals surface area (Å²) in [4.78, 5) is 10.1. The summed E-state index contributed by atoms with van der Waals surface area (Å²) in [5.74, 6) is -0.569. The average molecular weight is 315 g/mol. The zero-order valence-corrected chi connectivity index (χ0v) is 11.6. The van der Waals surface area contributed by atoms with Crippen molar-refractivity contribution in [2.75, 3.05) is 5.32 Å². The van der Waals surface area contributed by atoms with Gasteiger partial charge in [0, 0.05) is 28.7 Å². The molecule has 0 bridgehead atoms. The van der Waals surface area contributed by atoms with Gasteiger partial charge in [-0.15, -0.1) is 0 Å². The molecule has 0 heterocycles. The van der Waals surface area contributed by atoms with E-state index in [1.807, 2.05) is 0 Å². The lowest BCUT2D eigenvalue weighted by Gasteiger charge is -2.09. The van der Waals surface area contributed by atoms with Crippen LogP contribution in [0.25, 0.3) is 0 Å². The summed E-state index contributed by atoms with van der Waals surface area (Å²) in [5.41, 5.74) is 0.572. The number of benzene rings is 2. The van der Waals surface area contributed by atoms with Crippen LogP contribution >= 0.6 is 23.2 Å². The minimum atomic E-state index is -0.583. The summed E-state index contributed by atoms with van der Waals surface area (Å²) < 4.78 is 13.6. The van der Waals surface area contributed by atoms with Crippen LogP contribution in [0, 0.1) is 15.9 Å². The normalized spacial score (nSPS) is 10.3. The van der Waals surface area contributed by atoms with Crippen LogP contribution in [0.2, 0.25) is 10.0 Å². The van der Waals surface area contributed by atoms with Crippen LogP contribution < -0.4 is 5.32 Å². The van der Waals surface area contributed by atoms with Crippen molar-refractivity contribution in [3.63, 3.8) is 0 Å². The molecule has 0 aromatic heterocycles. The Bertz CT molecular complexity index is 665. The molecule has 4 nitrogen and oxygen atoms in total. The summed E-state index contributed by atoms with van der Waals surface area (Å²) >= 11 is 11.8. The molecule has 2 aromatic rings. The molecule has 0 fully saturated rings. The second-order valence-electron chi connectivity index (χ2n) is 4.01. The molecule has 20 heavy (non-hydrogen) atoms. The second-order valence-corrected chi connectivity index (χ2v) is 4.85. The van der Waals surface area contributed by atoms with Gasteiger partial charge in [0.15, 0.2) is 0 Å². The van der Waals surface area contributed by atoms with Gasteiger partial charge in [-0.1, -0.05) is 29.3 Å². The number of anilines is 1. The number of non-ortho nitro benzene ring substituents is 1. The maximum absolute atomic E-state index is 13.6.